The van der Waals surface area contributed by atoms with Gasteiger partial charge in [0.2, 0.25) is 0 Å². The van der Waals surface area contributed by atoms with Crippen LogP contribution in [0.1, 0.15) is 16.7 Å². The van der Waals surface area contributed by atoms with Crippen LogP contribution in [0.15, 0.2) is 70.0 Å². The highest BCUT2D eigenvalue weighted by molar-refractivity contribution is 9.10. The normalized spacial score (nSPS) is 14.4. The predicted octanol–water partition coefficient (Wildman–Crippen LogP) is 7.32. The second kappa shape index (κ2) is 11.5. The molecule has 1 aliphatic heterocycles. The molecule has 0 radical (unpaired) electrons. The highest BCUT2D eigenvalue weighted by atomic mass is 79.9. The van der Waals surface area contributed by atoms with Crippen LogP contribution in [0.4, 0.5) is 10.5 Å². The Morgan fingerprint density at radius 1 is 1.08 bits per heavy atom. The van der Waals surface area contributed by atoms with Crippen molar-refractivity contribution in [1.29, 1.82) is 0 Å². The van der Waals surface area contributed by atoms with Crippen molar-refractivity contribution in [1.82, 2.24) is 4.90 Å². The Hall–Kier alpha value is -2.78. The largest absolute Gasteiger partial charge is 0.483 e. The molecule has 1 aliphatic rings. The molecule has 4 rings (SSSR count). The first-order valence-corrected chi connectivity index (χ1v) is 13.0. The third-order valence-electron chi connectivity index (χ3n) is 5.23. The molecule has 0 aromatic heterocycles. The smallest absolute Gasteiger partial charge is 0.293 e. The summed E-state index contributed by atoms with van der Waals surface area (Å²) < 4.78 is 6.25. The number of para-hydroxylation sites is 1. The van der Waals surface area contributed by atoms with Gasteiger partial charge in [0.1, 0.15) is 5.75 Å². The predicted molar refractivity (Wildman–Crippen MR) is 147 cm³/mol. The van der Waals surface area contributed by atoms with Crippen molar-refractivity contribution < 1.29 is 19.1 Å². The Kier molecular flexibility index (Phi) is 8.41. The number of thioether (sulfide) groups is 1. The van der Waals surface area contributed by atoms with Crippen LogP contribution >= 0.6 is 50.9 Å². The third kappa shape index (κ3) is 6.31. The zero-order chi connectivity index (χ0) is 25.8. The summed E-state index contributed by atoms with van der Waals surface area (Å²) in [6.07, 6.45) is 1.64. The molecule has 3 amide bonds. The highest BCUT2D eigenvalue weighted by Crippen LogP contribution is 2.35. The Labute approximate surface area is 230 Å². The minimum absolute atomic E-state index is 0.0972. The van der Waals surface area contributed by atoms with Crippen LogP contribution in [0.25, 0.3) is 6.08 Å². The van der Waals surface area contributed by atoms with Gasteiger partial charge < -0.3 is 10.1 Å². The molecule has 0 aliphatic carbocycles. The zero-order valence-electron chi connectivity index (χ0n) is 18.9. The van der Waals surface area contributed by atoms with Gasteiger partial charge >= 0.3 is 0 Å². The average molecular weight is 606 g/mol. The lowest BCUT2D eigenvalue weighted by Gasteiger charge is -2.13. The lowest BCUT2D eigenvalue weighted by molar-refractivity contribution is -0.123. The minimum atomic E-state index is -0.389. The monoisotopic (exact) mass is 604 g/mol. The van der Waals surface area contributed by atoms with E-state index in [0.717, 1.165) is 27.9 Å². The summed E-state index contributed by atoms with van der Waals surface area (Å²) in [4.78, 5) is 39.0. The first-order chi connectivity index (χ1) is 17.2. The summed E-state index contributed by atoms with van der Waals surface area (Å²) in [5.74, 6) is -0.198. The molecule has 1 saturated heterocycles. The molecule has 1 fully saturated rings. The third-order valence-corrected chi connectivity index (χ3v) is 7.50. The molecule has 10 heteroatoms. The molecule has 0 spiro atoms. The van der Waals surface area contributed by atoms with Gasteiger partial charge in [-0.05, 0) is 87.7 Å². The quantitative estimate of drug-likeness (QED) is 0.286. The summed E-state index contributed by atoms with van der Waals surface area (Å²) in [5.41, 5.74) is 3.08. The summed E-state index contributed by atoms with van der Waals surface area (Å²) in [6.45, 7) is 1.84. The number of anilines is 1. The second-order valence-electron chi connectivity index (χ2n) is 7.86. The Bertz CT molecular complexity index is 1400. The lowest BCUT2D eigenvalue weighted by atomic mass is 10.2. The molecule has 0 bridgehead atoms. The maximum atomic E-state index is 12.9. The van der Waals surface area contributed by atoms with Crippen LogP contribution in [0.2, 0.25) is 10.0 Å². The average Bonchev–Trinajstić information content (AvgIpc) is 3.09. The van der Waals surface area contributed by atoms with E-state index in [-0.39, 0.29) is 30.2 Å². The standard InChI is InChI=1S/C26H19BrCl2N2O4S/c1-15-4-2-3-5-21(15)30-24(32)14-35-22-9-7-16(10-18(22)27)12-23-25(33)31(26(34)36-23)13-17-6-8-19(28)20(29)11-17/h2-12H,13-14H2,1H3,(H,30,32)/b23-12-. The van der Waals surface area contributed by atoms with Gasteiger partial charge in [-0.2, -0.15) is 0 Å². The van der Waals surface area contributed by atoms with E-state index in [9.17, 15) is 14.4 Å². The maximum absolute atomic E-state index is 12.9. The number of benzene rings is 3. The number of carbonyl (C=O) groups is 3. The van der Waals surface area contributed by atoms with E-state index < -0.39 is 0 Å². The molecule has 184 valence electrons. The fraction of sp³-hybridized carbons (Fsp3) is 0.115. The van der Waals surface area contributed by atoms with Crippen molar-refractivity contribution in [3.63, 3.8) is 0 Å². The molecule has 1 heterocycles. The van der Waals surface area contributed by atoms with Crippen LogP contribution in [0.5, 0.6) is 5.75 Å². The van der Waals surface area contributed by atoms with Crippen molar-refractivity contribution in [3.05, 3.63) is 96.8 Å². The molecule has 0 saturated carbocycles. The number of aryl methyl sites for hydroxylation is 1. The summed E-state index contributed by atoms with van der Waals surface area (Å²) in [7, 11) is 0. The van der Waals surface area contributed by atoms with Crippen LogP contribution in [0.3, 0.4) is 0 Å². The van der Waals surface area contributed by atoms with Gasteiger partial charge in [0.25, 0.3) is 17.1 Å². The van der Waals surface area contributed by atoms with E-state index in [2.05, 4.69) is 21.2 Å². The fourth-order valence-corrected chi connectivity index (χ4v) is 5.04. The number of carbonyl (C=O) groups excluding carboxylic acids is 3. The first-order valence-electron chi connectivity index (χ1n) is 10.7. The SMILES string of the molecule is Cc1ccccc1NC(=O)COc1ccc(/C=C2\SC(=O)N(Cc3ccc(Cl)c(Cl)c3)C2=O)cc1Br. The zero-order valence-corrected chi connectivity index (χ0v) is 22.8. The topological polar surface area (TPSA) is 75.7 Å². The number of nitrogens with zero attached hydrogens (tertiary/aromatic N) is 1. The van der Waals surface area contributed by atoms with E-state index in [0.29, 0.717) is 36.3 Å². The van der Waals surface area contributed by atoms with Gasteiger partial charge in [-0.1, -0.05) is 53.5 Å². The van der Waals surface area contributed by atoms with Gasteiger partial charge in [-0.25, -0.2) is 0 Å². The molecule has 0 atom stereocenters. The lowest BCUT2D eigenvalue weighted by Crippen LogP contribution is -2.27. The second-order valence-corrected chi connectivity index (χ2v) is 10.5. The number of nitrogens with one attached hydrogen (secondary N) is 1. The molecule has 3 aromatic carbocycles. The molecule has 6 nitrogen and oxygen atoms in total. The first kappa shape index (κ1) is 26.3. The minimum Gasteiger partial charge on any atom is -0.483 e. The van der Waals surface area contributed by atoms with Crippen molar-refractivity contribution in [2.45, 2.75) is 13.5 Å². The van der Waals surface area contributed by atoms with Gasteiger partial charge in [0, 0.05) is 5.69 Å². The number of ether oxygens (including phenoxy) is 1. The van der Waals surface area contributed by atoms with Crippen molar-refractivity contribution in [3.8, 4) is 5.75 Å². The molecular weight excluding hydrogens is 587 g/mol. The van der Waals surface area contributed by atoms with Crippen molar-refractivity contribution in [2.24, 2.45) is 0 Å². The fourth-order valence-electron chi connectivity index (χ4n) is 3.37. The molecule has 1 N–H and O–H groups in total. The molecule has 3 aromatic rings. The van der Waals surface area contributed by atoms with Crippen LogP contribution in [0, 0.1) is 6.92 Å². The van der Waals surface area contributed by atoms with E-state index in [1.54, 1.807) is 42.5 Å². The Balaban J connectivity index is 1.39. The number of hydrogen-bond acceptors (Lipinski definition) is 5. The number of halogens is 3. The Morgan fingerprint density at radius 3 is 2.58 bits per heavy atom. The van der Waals surface area contributed by atoms with Gasteiger partial charge in [0.05, 0.1) is 26.0 Å². The van der Waals surface area contributed by atoms with E-state index in [1.807, 2.05) is 31.2 Å². The van der Waals surface area contributed by atoms with Crippen LogP contribution in [-0.4, -0.2) is 28.6 Å². The van der Waals surface area contributed by atoms with Gasteiger partial charge in [-0.15, -0.1) is 0 Å². The molecular formula is C26H19BrCl2N2O4S. The van der Waals surface area contributed by atoms with Crippen molar-refractivity contribution in [2.75, 3.05) is 11.9 Å². The molecule has 0 unspecified atom stereocenters. The van der Waals surface area contributed by atoms with Crippen LogP contribution < -0.4 is 10.1 Å². The number of rotatable bonds is 7. The number of hydrogen-bond donors (Lipinski definition) is 1. The Morgan fingerprint density at radius 2 is 1.86 bits per heavy atom. The van der Waals surface area contributed by atoms with Crippen LogP contribution in [-0.2, 0) is 16.1 Å². The summed E-state index contributed by atoms with van der Waals surface area (Å²) in [6, 6.07) is 17.6. The number of amides is 3. The highest BCUT2D eigenvalue weighted by Gasteiger charge is 2.35. The maximum Gasteiger partial charge on any atom is 0.293 e. The van der Waals surface area contributed by atoms with Gasteiger partial charge in [0.15, 0.2) is 6.61 Å². The van der Waals surface area contributed by atoms with E-state index in [1.165, 1.54) is 0 Å². The number of imide groups is 1. The van der Waals surface area contributed by atoms with E-state index >= 15 is 0 Å². The van der Waals surface area contributed by atoms with Gasteiger partial charge in [-0.3, -0.25) is 19.3 Å². The summed E-state index contributed by atoms with van der Waals surface area (Å²) >= 11 is 16.3. The molecule has 36 heavy (non-hydrogen) atoms. The van der Waals surface area contributed by atoms with Crippen molar-refractivity contribution >= 4 is 79.7 Å². The van der Waals surface area contributed by atoms with E-state index in [4.69, 9.17) is 27.9 Å². The summed E-state index contributed by atoms with van der Waals surface area (Å²) in [5, 5.41) is 3.21.